The summed E-state index contributed by atoms with van der Waals surface area (Å²) in [5.74, 6) is -0.163. The largest absolute Gasteiger partial charge is 0.441 e. The van der Waals surface area contributed by atoms with Crippen molar-refractivity contribution in [2.24, 2.45) is 5.92 Å². The SMILES string of the molecule is CNCC1CCN(C(=O)CCc2ncc(-c3ccc(F)cc3F)o2)C1. The molecule has 134 valence electrons. The molecule has 3 rings (SSSR count). The maximum Gasteiger partial charge on any atom is 0.223 e. The summed E-state index contributed by atoms with van der Waals surface area (Å²) in [6.45, 7) is 2.47. The van der Waals surface area contributed by atoms with Gasteiger partial charge in [-0.25, -0.2) is 13.8 Å². The molecule has 1 aliphatic rings. The van der Waals surface area contributed by atoms with Gasteiger partial charge in [-0.3, -0.25) is 4.79 Å². The zero-order chi connectivity index (χ0) is 17.8. The van der Waals surface area contributed by atoms with Crippen LogP contribution in [0.3, 0.4) is 0 Å². The molecule has 0 radical (unpaired) electrons. The smallest absolute Gasteiger partial charge is 0.223 e. The minimum Gasteiger partial charge on any atom is -0.441 e. The molecule has 1 N–H and O–H groups in total. The van der Waals surface area contributed by atoms with Crippen LogP contribution in [0.5, 0.6) is 0 Å². The highest BCUT2D eigenvalue weighted by Gasteiger charge is 2.25. The van der Waals surface area contributed by atoms with Crippen molar-refractivity contribution < 1.29 is 18.0 Å². The number of amides is 1. The van der Waals surface area contributed by atoms with Crippen LogP contribution in [0, 0.1) is 17.6 Å². The van der Waals surface area contributed by atoms with Gasteiger partial charge in [0.15, 0.2) is 11.7 Å². The normalized spacial score (nSPS) is 17.2. The number of hydrogen-bond acceptors (Lipinski definition) is 4. The molecule has 1 fully saturated rings. The van der Waals surface area contributed by atoms with Crippen molar-refractivity contribution in [1.29, 1.82) is 0 Å². The summed E-state index contributed by atoms with van der Waals surface area (Å²) in [7, 11) is 1.91. The van der Waals surface area contributed by atoms with Crippen LogP contribution < -0.4 is 5.32 Å². The van der Waals surface area contributed by atoms with Crippen molar-refractivity contribution >= 4 is 5.91 Å². The molecule has 1 aromatic carbocycles. The van der Waals surface area contributed by atoms with Gasteiger partial charge in [-0.05, 0) is 38.1 Å². The molecule has 7 heteroatoms. The first kappa shape index (κ1) is 17.5. The average Bonchev–Trinajstić information content (AvgIpc) is 3.22. The van der Waals surface area contributed by atoms with E-state index in [-0.39, 0.29) is 17.2 Å². The average molecular weight is 349 g/mol. The molecule has 0 saturated carbocycles. The zero-order valence-corrected chi connectivity index (χ0v) is 14.1. The predicted octanol–water partition coefficient (Wildman–Crippen LogP) is 2.62. The molecule has 1 amide bonds. The molecule has 1 aliphatic heterocycles. The molecule has 2 aromatic rings. The number of aromatic nitrogens is 1. The lowest BCUT2D eigenvalue weighted by molar-refractivity contribution is -0.130. The number of nitrogens with zero attached hydrogens (tertiary/aromatic N) is 2. The Bertz CT molecular complexity index is 748. The summed E-state index contributed by atoms with van der Waals surface area (Å²) in [6, 6.07) is 3.28. The number of carbonyl (C=O) groups is 1. The Kier molecular flexibility index (Phi) is 5.43. The van der Waals surface area contributed by atoms with Gasteiger partial charge in [0, 0.05) is 32.0 Å². The van der Waals surface area contributed by atoms with E-state index in [1.807, 2.05) is 11.9 Å². The molecule has 0 aliphatic carbocycles. The van der Waals surface area contributed by atoms with Gasteiger partial charge in [0.1, 0.15) is 11.6 Å². The van der Waals surface area contributed by atoms with Crippen LogP contribution in [-0.2, 0) is 11.2 Å². The molecule has 1 atom stereocenters. The highest BCUT2D eigenvalue weighted by molar-refractivity contribution is 5.76. The lowest BCUT2D eigenvalue weighted by atomic mass is 10.1. The van der Waals surface area contributed by atoms with Crippen LogP contribution in [0.2, 0.25) is 0 Å². The molecule has 2 heterocycles. The molecular formula is C18H21F2N3O2. The second-order valence-electron chi connectivity index (χ2n) is 6.29. The van der Waals surface area contributed by atoms with E-state index in [2.05, 4.69) is 10.3 Å². The third-order valence-corrected chi connectivity index (χ3v) is 4.43. The Labute approximate surface area is 145 Å². The summed E-state index contributed by atoms with van der Waals surface area (Å²) in [6.07, 6.45) is 3.07. The van der Waals surface area contributed by atoms with Gasteiger partial charge < -0.3 is 14.6 Å². The van der Waals surface area contributed by atoms with E-state index < -0.39 is 11.6 Å². The highest BCUT2D eigenvalue weighted by atomic mass is 19.1. The number of likely N-dealkylation sites (tertiary alicyclic amines) is 1. The van der Waals surface area contributed by atoms with Gasteiger partial charge in [0.05, 0.1) is 11.8 Å². The lowest BCUT2D eigenvalue weighted by Gasteiger charge is -2.16. The number of nitrogens with one attached hydrogen (secondary N) is 1. The van der Waals surface area contributed by atoms with Crippen molar-refractivity contribution in [3.63, 3.8) is 0 Å². The Hall–Kier alpha value is -2.28. The van der Waals surface area contributed by atoms with Crippen LogP contribution in [0.1, 0.15) is 18.7 Å². The number of oxazole rings is 1. The van der Waals surface area contributed by atoms with Gasteiger partial charge in [0.25, 0.3) is 0 Å². The monoisotopic (exact) mass is 349 g/mol. The third kappa shape index (κ3) is 4.22. The minimum absolute atomic E-state index is 0.0753. The van der Waals surface area contributed by atoms with Crippen LogP contribution in [0.4, 0.5) is 8.78 Å². The Balaban J connectivity index is 1.56. The second kappa shape index (κ2) is 7.74. The van der Waals surface area contributed by atoms with E-state index in [1.54, 1.807) is 0 Å². The summed E-state index contributed by atoms with van der Waals surface area (Å²) >= 11 is 0. The predicted molar refractivity (Wildman–Crippen MR) is 88.8 cm³/mol. The summed E-state index contributed by atoms with van der Waals surface area (Å²) in [4.78, 5) is 18.2. The Morgan fingerprint density at radius 1 is 1.44 bits per heavy atom. The van der Waals surface area contributed by atoms with Crippen LogP contribution in [-0.4, -0.2) is 42.5 Å². The van der Waals surface area contributed by atoms with Gasteiger partial charge in [-0.1, -0.05) is 0 Å². The standard InChI is InChI=1S/C18H21F2N3O2/c1-21-9-12-6-7-23(11-12)18(24)5-4-17-22-10-16(25-17)14-3-2-13(19)8-15(14)20/h2-3,8,10,12,21H,4-7,9,11H2,1H3. The Morgan fingerprint density at radius 3 is 3.04 bits per heavy atom. The highest BCUT2D eigenvalue weighted by Crippen LogP contribution is 2.25. The van der Waals surface area contributed by atoms with Crippen molar-refractivity contribution in [2.45, 2.75) is 19.3 Å². The molecule has 0 bridgehead atoms. The fourth-order valence-corrected chi connectivity index (χ4v) is 3.13. The number of hydrogen-bond donors (Lipinski definition) is 1. The van der Waals surface area contributed by atoms with Crippen molar-refractivity contribution in [3.05, 3.63) is 41.9 Å². The van der Waals surface area contributed by atoms with E-state index in [9.17, 15) is 13.6 Å². The molecule has 25 heavy (non-hydrogen) atoms. The van der Waals surface area contributed by atoms with Crippen LogP contribution in [0.25, 0.3) is 11.3 Å². The topological polar surface area (TPSA) is 58.4 Å². The first-order valence-electron chi connectivity index (χ1n) is 8.39. The van der Waals surface area contributed by atoms with Gasteiger partial charge >= 0.3 is 0 Å². The third-order valence-electron chi connectivity index (χ3n) is 4.43. The molecule has 1 saturated heterocycles. The fourth-order valence-electron chi connectivity index (χ4n) is 3.13. The number of halogens is 2. The summed E-state index contributed by atoms with van der Waals surface area (Å²) in [5.41, 5.74) is 0.154. The number of rotatable bonds is 6. The van der Waals surface area contributed by atoms with Crippen molar-refractivity contribution in [2.75, 3.05) is 26.7 Å². The molecule has 1 aromatic heterocycles. The lowest BCUT2D eigenvalue weighted by Crippen LogP contribution is -2.30. The molecule has 1 unspecified atom stereocenters. The van der Waals surface area contributed by atoms with Crippen LogP contribution >= 0.6 is 0 Å². The maximum atomic E-state index is 13.8. The first-order valence-corrected chi connectivity index (χ1v) is 8.39. The molecular weight excluding hydrogens is 328 g/mol. The second-order valence-corrected chi connectivity index (χ2v) is 6.29. The van der Waals surface area contributed by atoms with Gasteiger partial charge in [-0.2, -0.15) is 0 Å². The van der Waals surface area contributed by atoms with E-state index in [0.29, 0.717) is 24.7 Å². The number of benzene rings is 1. The van der Waals surface area contributed by atoms with E-state index in [1.165, 1.54) is 18.3 Å². The summed E-state index contributed by atoms with van der Waals surface area (Å²) in [5, 5.41) is 3.14. The maximum absolute atomic E-state index is 13.8. The van der Waals surface area contributed by atoms with E-state index >= 15 is 0 Å². The van der Waals surface area contributed by atoms with Crippen LogP contribution in [0.15, 0.2) is 28.8 Å². The number of carbonyl (C=O) groups excluding carboxylic acids is 1. The van der Waals surface area contributed by atoms with Gasteiger partial charge in [0.2, 0.25) is 5.91 Å². The number of aryl methyl sites for hydroxylation is 1. The quantitative estimate of drug-likeness (QED) is 0.871. The molecule has 5 nitrogen and oxygen atoms in total. The van der Waals surface area contributed by atoms with Crippen molar-refractivity contribution in [3.8, 4) is 11.3 Å². The van der Waals surface area contributed by atoms with E-state index in [0.717, 1.165) is 32.1 Å². The Morgan fingerprint density at radius 2 is 2.28 bits per heavy atom. The summed E-state index contributed by atoms with van der Waals surface area (Å²) < 4.78 is 32.2. The minimum atomic E-state index is -0.702. The molecule has 0 spiro atoms. The first-order chi connectivity index (χ1) is 12.1. The fraction of sp³-hybridized carbons (Fsp3) is 0.444. The van der Waals surface area contributed by atoms with Crippen molar-refractivity contribution in [1.82, 2.24) is 15.2 Å². The van der Waals surface area contributed by atoms with E-state index in [4.69, 9.17) is 4.42 Å². The zero-order valence-electron chi connectivity index (χ0n) is 14.1. The van der Waals surface area contributed by atoms with Gasteiger partial charge in [-0.15, -0.1) is 0 Å².